The molecule has 1 unspecified atom stereocenters. The fraction of sp³-hybridized carbons (Fsp3) is 0.467. The van der Waals surface area contributed by atoms with Crippen LogP contribution in [0.15, 0.2) is 30.0 Å². The molecule has 0 bridgehead atoms. The Kier molecular flexibility index (Phi) is 4.37. The number of rotatable bonds is 4. The molecule has 98 valence electrons. The van der Waals surface area contributed by atoms with Crippen LogP contribution in [-0.4, -0.2) is 13.2 Å². The maximum absolute atomic E-state index is 14.1. The molecule has 1 aromatic carbocycles. The van der Waals surface area contributed by atoms with E-state index < -0.39 is 0 Å². The Morgan fingerprint density at radius 2 is 2.28 bits per heavy atom. The van der Waals surface area contributed by atoms with Gasteiger partial charge in [0.25, 0.3) is 0 Å². The Morgan fingerprint density at radius 3 is 2.89 bits per heavy atom. The molecule has 18 heavy (non-hydrogen) atoms. The third kappa shape index (κ3) is 2.91. The van der Waals surface area contributed by atoms with Crippen LogP contribution in [0.3, 0.4) is 0 Å². The van der Waals surface area contributed by atoms with Crippen molar-refractivity contribution in [1.29, 1.82) is 0 Å². The van der Waals surface area contributed by atoms with Gasteiger partial charge >= 0.3 is 0 Å². The SMILES string of the molecule is CCNC(C1=CCCCO1)c1ccc(C)cc1F. The second-order valence-corrected chi connectivity index (χ2v) is 4.61. The first-order valence-corrected chi connectivity index (χ1v) is 6.54. The molecular formula is C15H20FNO. The molecule has 1 atom stereocenters. The van der Waals surface area contributed by atoms with Crippen molar-refractivity contribution < 1.29 is 9.13 Å². The van der Waals surface area contributed by atoms with E-state index >= 15 is 0 Å². The maximum atomic E-state index is 14.1. The number of nitrogens with one attached hydrogen (secondary N) is 1. The molecule has 0 fully saturated rings. The highest BCUT2D eigenvalue weighted by molar-refractivity contribution is 5.30. The fourth-order valence-corrected chi connectivity index (χ4v) is 2.21. The Balaban J connectivity index is 2.31. The summed E-state index contributed by atoms with van der Waals surface area (Å²) in [6.45, 7) is 5.41. The van der Waals surface area contributed by atoms with Crippen molar-refractivity contribution in [3.05, 3.63) is 47.0 Å². The third-order valence-electron chi connectivity index (χ3n) is 3.12. The lowest BCUT2D eigenvalue weighted by Crippen LogP contribution is -2.26. The van der Waals surface area contributed by atoms with Gasteiger partial charge in [0.15, 0.2) is 0 Å². The van der Waals surface area contributed by atoms with Gasteiger partial charge in [-0.1, -0.05) is 19.1 Å². The molecule has 0 amide bonds. The number of hydrogen-bond donors (Lipinski definition) is 1. The Hall–Kier alpha value is -1.35. The van der Waals surface area contributed by atoms with E-state index in [-0.39, 0.29) is 11.9 Å². The number of allylic oxidation sites excluding steroid dienone is 1. The number of hydrogen-bond acceptors (Lipinski definition) is 2. The van der Waals surface area contributed by atoms with Crippen molar-refractivity contribution in [2.45, 2.75) is 32.7 Å². The topological polar surface area (TPSA) is 21.3 Å². The van der Waals surface area contributed by atoms with Gasteiger partial charge in [-0.15, -0.1) is 0 Å². The number of benzene rings is 1. The smallest absolute Gasteiger partial charge is 0.128 e. The highest BCUT2D eigenvalue weighted by Crippen LogP contribution is 2.28. The molecular weight excluding hydrogens is 229 g/mol. The van der Waals surface area contributed by atoms with E-state index in [1.165, 1.54) is 0 Å². The van der Waals surface area contributed by atoms with E-state index in [1.54, 1.807) is 6.07 Å². The summed E-state index contributed by atoms with van der Waals surface area (Å²) in [5.74, 6) is 0.682. The van der Waals surface area contributed by atoms with Gasteiger partial charge < -0.3 is 10.1 Å². The zero-order valence-electron chi connectivity index (χ0n) is 11.0. The molecule has 0 aliphatic carbocycles. The summed E-state index contributed by atoms with van der Waals surface area (Å²) in [6.07, 6.45) is 4.11. The summed E-state index contributed by atoms with van der Waals surface area (Å²) < 4.78 is 19.7. The first kappa shape index (κ1) is 13.1. The minimum Gasteiger partial charge on any atom is -0.496 e. The number of halogens is 1. The predicted octanol–water partition coefficient (Wildman–Crippen LogP) is 3.48. The minimum absolute atomic E-state index is 0.170. The number of aryl methyl sites for hydroxylation is 1. The first-order chi connectivity index (χ1) is 8.72. The quantitative estimate of drug-likeness (QED) is 0.882. The van der Waals surface area contributed by atoms with Crippen LogP contribution in [0.25, 0.3) is 0 Å². The van der Waals surface area contributed by atoms with Crippen LogP contribution in [-0.2, 0) is 4.74 Å². The largest absolute Gasteiger partial charge is 0.496 e. The Morgan fingerprint density at radius 1 is 1.44 bits per heavy atom. The molecule has 0 radical (unpaired) electrons. The van der Waals surface area contributed by atoms with Crippen LogP contribution in [0, 0.1) is 12.7 Å². The number of ether oxygens (including phenoxy) is 1. The van der Waals surface area contributed by atoms with Gasteiger partial charge in [-0.05, 0) is 44.0 Å². The van der Waals surface area contributed by atoms with E-state index in [1.807, 2.05) is 26.0 Å². The van der Waals surface area contributed by atoms with E-state index in [2.05, 4.69) is 11.4 Å². The van der Waals surface area contributed by atoms with E-state index in [0.29, 0.717) is 5.56 Å². The molecule has 1 aromatic rings. The molecule has 2 nitrogen and oxygen atoms in total. The number of likely N-dealkylation sites (N-methyl/N-ethyl adjacent to an activating group) is 1. The molecule has 1 heterocycles. The van der Waals surface area contributed by atoms with Gasteiger partial charge in [0.05, 0.1) is 12.6 Å². The van der Waals surface area contributed by atoms with Crippen LogP contribution < -0.4 is 5.32 Å². The summed E-state index contributed by atoms with van der Waals surface area (Å²) >= 11 is 0. The average Bonchev–Trinajstić information content (AvgIpc) is 2.38. The molecule has 1 aliphatic rings. The maximum Gasteiger partial charge on any atom is 0.128 e. The van der Waals surface area contributed by atoms with Gasteiger partial charge in [-0.25, -0.2) is 4.39 Å². The molecule has 1 N–H and O–H groups in total. The summed E-state index contributed by atoms with van der Waals surface area (Å²) in [6, 6.07) is 5.18. The molecule has 0 saturated heterocycles. The normalized spacial score (nSPS) is 16.9. The second kappa shape index (κ2) is 6.01. The third-order valence-corrected chi connectivity index (χ3v) is 3.12. The fourth-order valence-electron chi connectivity index (χ4n) is 2.21. The van der Waals surface area contributed by atoms with Crippen LogP contribution >= 0.6 is 0 Å². The van der Waals surface area contributed by atoms with Gasteiger partial charge in [0.2, 0.25) is 0 Å². The van der Waals surface area contributed by atoms with E-state index in [0.717, 1.165) is 37.3 Å². The zero-order valence-corrected chi connectivity index (χ0v) is 11.0. The van der Waals surface area contributed by atoms with Gasteiger partial charge in [0, 0.05) is 5.56 Å². The van der Waals surface area contributed by atoms with Crippen molar-refractivity contribution >= 4 is 0 Å². The average molecular weight is 249 g/mol. The highest BCUT2D eigenvalue weighted by atomic mass is 19.1. The molecule has 0 spiro atoms. The standard InChI is InChI=1S/C15H20FNO/c1-3-17-15(14-6-4-5-9-18-14)12-8-7-11(2)10-13(12)16/h6-8,10,15,17H,3-5,9H2,1-2H3. The lowest BCUT2D eigenvalue weighted by atomic mass is 10.0. The van der Waals surface area contributed by atoms with Crippen LogP contribution in [0.5, 0.6) is 0 Å². The lowest BCUT2D eigenvalue weighted by Gasteiger charge is -2.25. The van der Waals surface area contributed by atoms with Crippen LogP contribution in [0.1, 0.15) is 36.9 Å². The predicted molar refractivity (Wildman–Crippen MR) is 70.8 cm³/mol. The molecule has 0 saturated carbocycles. The highest BCUT2D eigenvalue weighted by Gasteiger charge is 2.21. The summed E-state index contributed by atoms with van der Waals surface area (Å²) in [5.41, 5.74) is 1.60. The molecule has 2 rings (SSSR count). The van der Waals surface area contributed by atoms with Gasteiger partial charge in [-0.2, -0.15) is 0 Å². The summed E-state index contributed by atoms with van der Waals surface area (Å²) in [4.78, 5) is 0. The van der Waals surface area contributed by atoms with Gasteiger partial charge in [-0.3, -0.25) is 0 Å². The zero-order chi connectivity index (χ0) is 13.0. The lowest BCUT2D eigenvalue weighted by molar-refractivity contribution is 0.167. The van der Waals surface area contributed by atoms with Crippen molar-refractivity contribution in [3.8, 4) is 0 Å². The Labute approximate surface area is 108 Å². The van der Waals surface area contributed by atoms with Crippen molar-refractivity contribution in [3.63, 3.8) is 0 Å². The molecule has 3 heteroatoms. The monoisotopic (exact) mass is 249 g/mol. The summed E-state index contributed by atoms with van der Waals surface area (Å²) in [5, 5.41) is 3.30. The van der Waals surface area contributed by atoms with Crippen molar-refractivity contribution in [2.24, 2.45) is 0 Å². The van der Waals surface area contributed by atoms with Crippen molar-refractivity contribution in [2.75, 3.05) is 13.2 Å². The summed E-state index contributed by atoms with van der Waals surface area (Å²) in [7, 11) is 0. The molecule has 0 aromatic heterocycles. The second-order valence-electron chi connectivity index (χ2n) is 4.61. The van der Waals surface area contributed by atoms with Crippen LogP contribution in [0.4, 0.5) is 4.39 Å². The van der Waals surface area contributed by atoms with Gasteiger partial charge in [0.1, 0.15) is 11.6 Å². The van der Waals surface area contributed by atoms with E-state index in [9.17, 15) is 4.39 Å². The van der Waals surface area contributed by atoms with Crippen molar-refractivity contribution in [1.82, 2.24) is 5.32 Å². The van der Waals surface area contributed by atoms with Crippen LogP contribution in [0.2, 0.25) is 0 Å². The van der Waals surface area contributed by atoms with E-state index in [4.69, 9.17) is 4.74 Å². The minimum atomic E-state index is -0.170. The molecule has 1 aliphatic heterocycles. The first-order valence-electron chi connectivity index (χ1n) is 6.54. The Bertz CT molecular complexity index is 442.